The Morgan fingerprint density at radius 1 is 1.55 bits per heavy atom. The monoisotopic (exact) mass is 161 g/mol. The Morgan fingerprint density at radius 2 is 1.91 bits per heavy atom. The van der Waals surface area contributed by atoms with Gasteiger partial charge in [0.25, 0.3) is 0 Å². The minimum Gasteiger partial charge on any atom is -0.480 e. The summed E-state index contributed by atoms with van der Waals surface area (Å²) in [6.07, 6.45) is 0. The van der Waals surface area contributed by atoms with Crippen molar-refractivity contribution in [2.45, 2.75) is 32.4 Å². The molecule has 2 atom stereocenters. The molecule has 4 heteroatoms. The predicted molar refractivity (Wildman–Crippen MR) is 41.1 cm³/mol. The summed E-state index contributed by atoms with van der Waals surface area (Å²) in [5.41, 5.74) is 4.24. The second-order valence-corrected chi connectivity index (χ2v) is 3.31. The summed E-state index contributed by atoms with van der Waals surface area (Å²) in [6, 6.07) is -1.00. The molecule has 4 N–H and O–H groups in total. The van der Waals surface area contributed by atoms with Crippen molar-refractivity contribution in [2.24, 2.45) is 11.7 Å². The second kappa shape index (κ2) is 3.19. The van der Waals surface area contributed by atoms with E-state index in [2.05, 4.69) is 0 Å². The lowest BCUT2D eigenvalue weighted by Gasteiger charge is -2.28. The highest BCUT2D eigenvalue weighted by atomic mass is 16.4. The lowest BCUT2D eigenvalue weighted by Crippen LogP contribution is -2.46. The highest BCUT2D eigenvalue weighted by molar-refractivity contribution is 5.73. The van der Waals surface area contributed by atoms with E-state index in [1.807, 2.05) is 0 Å². The summed E-state index contributed by atoms with van der Waals surface area (Å²) < 4.78 is 0. The molecule has 0 aliphatic carbocycles. The van der Waals surface area contributed by atoms with Crippen molar-refractivity contribution in [3.63, 3.8) is 0 Å². The molecular formula is C7H15NO3. The van der Waals surface area contributed by atoms with Crippen LogP contribution in [0.3, 0.4) is 0 Å². The van der Waals surface area contributed by atoms with Gasteiger partial charge in [0.15, 0.2) is 0 Å². The smallest absolute Gasteiger partial charge is 0.320 e. The molecule has 0 radical (unpaired) electrons. The van der Waals surface area contributed by atoms with Crippen molar-refractivity contribution < 1.29 is 15.0 Å². The van der Waals surface area contributed by atoms with Gasteiger partial charge < -0.3 is 15.9 Å². The largest absolute Gasteiger partial charge is 0.480 e. The zero-order valence-corrected chi connectivity index (χ0v) is 7.03. The van der Waals surface area contributed by atoms with Crippen LogP contribution >= 0.6 is 0 Å². The molecule has 0 saturated carbocycles. The summed E-state index contributed by atoms with van der Waals surface area (Å²) in [7, 11) is 0. The van der Waals surface area contributed by atoms with Gasteiger partial charge in [-0.1, -0.05) is 6.92 Å². The molecule has 0 aromatic rings. The van der Waals surface area contributed by atoms with Crippen molar-refractivity contribution in [2.75, 3.05) is 0 Å². The Hall–Kier alpha value is -0.610. The van der Waals surface area contributed by atoms with Crippen LogP contribution in [0, 0.1) is 5.92 Å². The van der Waals surface area contributed by atoms with E-state index in [-0.39, 0.29) is 0 Å². The maximum atomic E-state index is 10.4. The third-order valence-corrected chi connectivity index (χ3v) is 1.94. The Morgan fingerprint density at radius 3 is 2.00 bits per heavy atom. The average Bonchev–Trinajstić information content (AvgIpc) is 1.82. The first-order chi connectivity index (χ1) is 4.76. The fraction of sp³-hybridized carbons (Fsp3) is 0.857. The number of aliphatic hydroxyl groups is 1. The number of nitrogens with two attached hydrogens (primary N) is 1. The SMILES string of the molecule is CC([C@@H](N)C(=O)O)C(C)(C)O. The molecule has 1 unspecified atom stereocenters. The van der Waals surface area contributed by atoms with Gasteiger partial charge in [0, 0.05) is 5.92 Å². The molecule has 0 fully saturated rings. The van der Waals surface area contributed by atoms with Crippen molar-refractivity contribution >= 4 is 5.97 Å². The van der Waals surface area contributed by atoms with Gasteiger partial charge in [-0.15, -0.1) is 0 Å². The van der Waals surface area contributed by atoms with Crippen LogP contribution in [0.25, 0.3) is 0 Å². The van der Waals surface area contributed by atoms with Crippen molar-refractivity contribution in [3.05, 3.63) is 0 Å². The maximum Gasteiger partial charge on any atom is 0.320 e. The highest BCUT2D eigenvalue weighted by Crippen LogP contribution is 2.18. The fourth-order valence-electron chi connectivity index (χ4n) is 0.653. The summed E-state index contributed by atoms with van der Waals surface area (Å²) in [6.45, 7) is 4.69. The van der Waals surface area contributed by atoms with E-state index in [0.29, 0.717) is 0 Å². The van der Waals surface area contributed by atoms with Gasteiger partial charge >= 0.3 is 5.97 Å². The van der Waals surface area contributed by atoms with Crippen LogP contribution in [0.4, 0.5) is 0 Å². The van der Waals surface area contributed by atoms with E-state index < -0.39 is 23.5 Å². The number of hydrogen-bond acceptors (Lipinski definition) is 3. The molecule has 11 heavy (non-hydrogen) atoms. The lowest BCUT2D eigenvalue weighted by atomic mass is 9.87. The summed E-state index contributed by atoms with van der Waals surface area (Å²) in [5.74, 6) is -1.54. The van der Waals surface area contributed by atoms with Gasteiger partial charge in [0.1, 0.15) is 6.04 Å². The Labute approximate surface area is 66.0 Å². The van der Waals surface area contributed by atoms with Gasteiger partial charge in [0.05, 0.1) is 5.60 Å². The van der Waals surface area contributed by atoms with E-state index in [0.717, 1.165) is 0 Å². The number of rotatable bonds is 3. The average molecular weight is 161 g/mol. The van der Waals surface area contributed by atoms with E-state index in [9.17, 15) is 9.90 Å². The third-order valence-electron chi connectivity index (χ3n) is 1.94. The van der Waals surface area contributed by atoms with E-state index >= 15 is 0 Å². The Kier molecular flexibility index (Phi) is 3.02. The normalized spacial score (nSPS) is 17.5. The Balaban J connectivity index is 4.25. The molecule has 0 aromatic carbocycles. The molecule has 0 aromatic heterocycles. The van der Waals surface area contributed by atoms with Crippen LogP contribution in [0.5, 0.6) is 0 Å². The van der Waals surface area contributed by atoms with Gasteiger partial charge in [-0.3, -0.25) is 4.79 Å². The van der Waals surface area contributed by atoms with Gasteiger partial charge in [0.2, 0.25) is 0 Å². The molecular weight excluding hydrogens is 146 g/mol. The van der Waals surface area contributed by atoms with Gasteiger partial charge in [-0.25, -0.2) is 0 Å². The minimum atomic E-state index is -1.08. The molecule has 0 bridgehead atoms. The highest BCUT2D eigenvalue weighted by Gasteiger charge is 2.31. The second-order valence-electron chi connectivity index (χ2n) is 3.31. The minimum absolute atomic E-state index is 0.458. The maximum absolute atomic E-state index is 10.4. The first kappa shape index (κ1) is 10.4. The van der Waals surface area contributed by atoms with Gasteiger partial charge in [-0.2, -0.15) is 0 Å². The quantitative estimate of drug-likeness (QED) is 0.535. The lowest BCUT2D eigenvalue weighted by molar-refractivity contribution is -0.142. The number of hydrogen-bond donors (Lipinski definition) is 3. The summed E-state index contributed by atoms with van der Waals surface area (Å²) in [5, 5.41) is 17.8. The molecule has 0 rings (SSSR count). The number of aliphatic carboxylic acids is 1. The first-order valence-electron chi connectivity index (χ1n) is 3.47. The fourth-order valence-corrected chi connectivity index (χ4v) is 0.653. The zero-order chi connectivity index (χ0) is 9.23. The summed E-state index contributed by atoms with van der Waals surface area (Å²) in [4.78, 5) is 10.4. The van der Waals surface area contributed by atoms with Crippen LogP contribution in [0.15, 0.2) is 0 Å². The van der Waals surface area contributed by atoms with Crippen LogP contribution in [0.2, 0.25) is 0 Å². The first-order valence-corrected chi connectivity index (χ1v) is 3.47. The van der Waals surface area contributed by atoms with Crippen LogP contribution < -0.4 is 5.73 Å². The number of carboxylic acid groups (broad SMARTS) is 1. The molecule has 0 saturated heterocycles. The van der Waals surface area contributed by atoms with Crippen molar-refractivity contribution in [3.8, 4) is 0 Å². The molecule has 66 valence electrons. The molecule has 0 amide bonds. The van der Waals surface area contributed by atoms with Crippen molar-refractivity contribution in [1.82, 2.24) is 0 Å². The topological polar surface area (TPSA) is 83.6 Å². The molecule has 0 heterocycles. The van der Waals surface area contributed by atoms with Gasteiger partial charge in [-0.05, 0) is 13.8 Å². The van der Waals surface area contributed by atoms with E-state index in [1.165, 1.54) is 0 Å². The number of carbonyl (C=O) groups is 1. The van der Waals surface area contributed by atoms with Crippen LogP contribution in [-0.4, -0.2) is 27.8 Å². The summed E-state index contributed by atoms with van der Waals surface area (Å²) >= 11 is 0. The van der Waals surface area contributed by atoms with Crippen LogP contribution in [0.1, 0.15) is 20.8 Å². The third kappa shape index (κ3) is 2.86. The molecule has 0 aliphatic heterocycles. The number of carboxylic acids is 1. The van der Waals surface area contributed by atoms with E-state index in [4.69, 9.17) is 10.8 Å². The zero-order valence-electron chi connectivity index (χ0n) is 7.03. The van der Waals surface area contributed by atoms with Crippen LogP contribution in [-0.2, 0) is 4.79 Å². The standard InChI is InChI=1S/C7H15NO3/c1-4(7(2,3)11)5(8)6(9)10/h4-5,11H,8H2,1-3H3,(H,9,10)/t4?,5-/m1/s1. The Bertz CT molecular complexity index is 150. The van der Waals surface area contributed by atoms with E-state index in [1.54, 1.807) is 20.8 Å². The molecule has 0 spiro atoms. The van der Waals surface area contributed by atoms with Crippen molar-refractivity contribution in [1.29, 1.82) is 0 Å². The molecule has 4 nitrogen and oxygen atoms in total. The molecule has 0 aliphatic rings. The predicted octanol–water partition coefficient (Wildman–Crippen LogP) is -0.195.